The number of H-pyrrole nitrogens is 2. The Hall–Kier alpha value is -3.73. The molecule has 44 heavy (non-hydrogen) atoms. The van der Waals surface area contributed by atoms with Crippen LogP contribution in [0.25, 0.3) is 6.08 Å². The molecular weight excluding hydrogens is 580 g/mol. The Morgan fingerprint density at radius 3 is 2.07 bits per heavy atom. The number of rotatable bonds is 11. The molecule has 2 aromatic rings. The van der Waals surface area contributed by atoms with Crippen molar-refractivity contribution >= 4 is 41.6 Å². The number of carbonyl (C=O) groups excluding carboxylic acids is 2. The molecule has 5 rings (SSSR count). The molecule has 3 aliphatic heterocycles. The fourth-order valence-corrected chi connectivity index (χ4v) is 8.54. The number of hydrogen-bond acceptors (Lipinski definition) is 5. The monoisotopic (exact) mass is 622 g/mol. The Morgan fingerprint density at radius 1 is 0.932 bits per heavy atom. The molecule has 0 aromatic carbocycles. The number of aromatic amines is 2. The number of hydrogen-bond donors (Lipinski definition) is 6. The van der Waals surface area contributed by atoms with E-state index >= 15 is 0 Å². The molecule has 6 N–H and O–H groups in total. The lowest BCUT2D eigenvalue weighted by atomic mass is 9.91. The van der Waals surface area contributed by atoms with Crippen LogP contribution in [0.2, 0.25) is 0 Å². The van der Waals surface area contributed by atoms with Gasteiger partial charge < -0.3 is 30.8 Å². The van der Waals surface area contributed by atoms with Crippen LogP contribution < -0.4 is 10.6 Å². The third-order valence-corrected chi connectivity index (χ3v) is 11.7. The van der Waals surface area contributed by atoms with Gasteiger partial charge in [-0.1, -0.05) is 26.8 Å². The van der Waals surface area contributed by atoms with Crippen LogP contribution in [-0.4, -0.2) is 60.0 Å². The van der Waals surface area contributed by atoms with Gasteiger partial charge in [0.2, 0.25) is 11.8 Å². The van der Waals surface area contributed by atoms with Gasteiger partial charge in [0.15, 0.2) is 0 Å². The summed E-state index contributed by atoms with van der Waals surface area (Å²) < 4.78 is -0.259. The minimum Gasteiger partial charge on any atom is -0.481 e. The average molecular weight is 623 g/mol. The van der Waals surface area contributed by atoms with Gasteiger partial charge in [-0.25, -0.2) is 0 Å². The van der Waals surface area contributed by atoms with Crippen LogP contribution >= 0.6 is 11.8 Å². The van der Waals surface area contributed by atoms with E-state index in [0.717, 1.165) is 56.3 Å². The van der Waals surface area contributed by atoms with Crippen molar-refractivity contribution in [2.45, 2.75) is 96.1 Å². The normalized spacial score (nSPS) is 27.9. The van der Waals surface area contributed by atoms with Gasteiger partial charge in [0, 0.05) is 76.9 Å². The van der Waals surface area contributed by atoms with Gasteiger partial charge in [0.1, 0.15) is 0 Å². The number of nitrogens with one attached hydrogen (secondary N) is 4. The molecule has 5 atom stereocenters. The van der Waals surface area contributed by atoms with Gasteiger partial charge in [0.05, 0.1) is 10.7 Å². The van der Waals surface area contributed by atoms with Crippen LogP contribution in [0.4, 0.5) is 0 Å². The highest BCUT2D eigenvalue weighted by molar-refractivity contribution is 8.09. The fraction of sp³-hybridized carbons (Fsp3) is 0.515. The van der Waals surface area contributed by atoms with Crippen molar-refractivity contribution in [2.24, 2.45) is 11.8 Å². The van der Waals surface area contributed by atoms with Crippen LogP contribution in [0.1, 0.15) is 85.6 Å². The van der Waals surface area contributed by atoms with E-state index in [1.807, 2.05) is 46.8 Å². The van der Waals surface area contributed by atoms with E-state index in [-0.39, 0.29) is 47.3 Å². The molecule has 1 unspecified atom stereocenters. The highest BCUT2D eigenvalue weighted by Crippen LogP contribution is 2.64. The maximum absolute atomic E-state index is 12.6. The van der Waals surface area contributed by atoms with Gasteiger partial charge in [-0.05, 0) is 61.9 Å². The van der Waals surface area contributed by atoms with Crippen LogP contribution in [0.5, 0.6) is 0 Å². The number of carbonyl (C=O) groups is 4. The summed E-state index contributed by atoms with van der Waals surface area (Å²) in [6, 6.07) is -0.0812. The lowest BCUT2D eigenvalue weighted by Crippen LogP contribution is -2.30. The summed E-state index contributed by atoms with van der Waals surface area (Å²) in [4.78, 5) is 55.4. The van der Waals surface area contributed by atoms with E-state index in [0.29, 0.717) is 30.9 Å². The quantitative estimate of drug-likeness (QED) is 0.162. The fourth-order valence-electron chi connectivity index (χ4n) is 7.15. The van der Waals surface area contributed by atoms with E-state index in [9.17, 15) is 29.4 Å². The lowest BCUT2D eigenvalue weighted by Gasteiger charge is -2.15. The second-order valence-electron chi connectivity index (χ2n) is 12.4. The van der Waals surface area contributed by atoms with Gasteiger partial charge in [0.25, 0.3) is 0 Å². The largest absolute Gasteiger partial charge is 0.481 e. The molecule has 3 fully saturated rings. The minimum absolute atomic E-state index is 0.00964. The molecule has 11 heteroatoms. The molecule has 10 nitrogen and oxygen atoms in total. The van der Waals surface area contributed by atoms with Crippen molar-refractivity contribution in [1.29, 1.82) is 0 Å². The van der Waals surface area contributed by atoms with Crippen LogP contribution in [0.15, 0.2) is 17.3 Å². The first-order chi connectivity index (χ1) is 20.8. The zero-order valence-corrected chi connectivity index (χ0v) is 27.0. The Balaban J connectivity index is 1.52. The first-order valence-electron chi connectivity index (χ1n) is 15.3. The number of amides is 2. The standard InChI is InChI=1S/C33H42N4O6S/c1-7-20-15(2)24(36-32(20)43)12-23-16(3)21(8-10-29(38)39)26(34-23)13-27-22(9-11-30(40)41)17(4)25(35-27)14-28-33(19(6)44-33)18(5)31(42)37-28/h7,14-15,18-19,24,34-35H,8-13H2,1-6H3,(H,36,43)(H,37,42)(H,38,39)(H,40,41)/b20-7-,28-14-/t15?,18-,19-,24+,33-/m0/s1. The van der Waals surface area contributed by atoms with Gasteiger partial charge in [-0.15, -0.1) is 11.8 Å². The van der Waals surface area contributed by atoms with E-state index in [1.54, 1.807) is 11.8 Å². The summed E-state index contributed by atoms with van der Waals surface area (Å²) >= 11 is 1.78. The van der Waals surface area contributed by atoms with Crippen molar-refractivity contribution in [2.75, 3.05) is 0 Å². The summed E-state index contributed by atoms with van der Waals surface area (Å²) in [5.74, 6) is -1.91. The maximum atomic E-state index is 12.6. The first-order valence-corrected chi connectivity index (χ1v) is 16.2. The molecule has 0 aliphatic carbocycles. The SMILES string of the molecule is C/C=C1\C(=O)N[C@H](Cc2[nH]c(Cc3[nH]c(/C=C4\NC(=O)[C@H](C)[C@@]45S[C@H]5C)c(C)c3CCC(=O)O)c(CCC(=O)O)c2C)C1C. The lowest BCUT2D eigenvalue weighted by molar-refractivity contribution is -0.138. The van der Waals surface area contributed by atoms with Crippen molar-refractivity contribution in [1.82, 2.24) is 20.6 Å². The Labute approximate surface area is 261 Å². The zero-order chi connectivity index (χ0) is 32.1. The van der Waals surface area contributed by atoms with Crippen LogP contribution in [0, 0.1) is 25.7 Å². The Bertz CT molecular complexity index is 1600. The molecule has 2 aromatic heterocycles. The van der Waals surface area contributed by atoms with Gasteiger partial charge in [-0.3, -0.25) is 19.2 Å². The first kappa shape index (κ1) is 31.7. The highest BCUT2D eigenvalue weighted by atomic mass is 32.2. The number of carboxylic acid groups (broad SMARTS) is 2. The van der Waals surface area contributed by atoms with E-state index in [1.165, 1.54) is 0 Å². The molecule has 0 saturated carbocycles. The van der Waals surface area contributed by atoms with Crippen LogP contribution in [-0.2, 0) is 44.9 Å². The summed E-state index contributed by atoms with van der Waals surface area (Å²) in [6.45, 7) is 11.9. The molecule has 0 radical (unpaired) electrons. The Kier molecular flexibility index (Phi) is 8.63. The second kappa shape index (κ2) is 12.0. The summed E-state index contributed by atoms with van der Waals surface area (Å²) in [6.07, 6.45) is 5.51. The number of allylic oxidation sites excluding steroid dienone is 1. The van der Waals surface area contributed by atoms with Crippen molar-refractivity contribution in [3.05, 3.63) is 62.4 Å². The molecule has 2 amide bonds. The van der Waals surface area contributed by atoms with E-state index in [4.69, 9.17) is 0 Å². The average Bonchev–Trinajstić information content (AvgIpc) is 3.13. The number of thioether (sulfide) groups is 1. The Morgan fingerprint density at radius 2 is 1.52 bits per heavy atom. The zero-order valence-electron chi connectivity index (χ0n) is 26.1. The third-order valence-electron chi connectivity index (χ3n) is 9.94. The van der Waals surface area contributed by atoms with Gasteiger partial charge in [-0.2, -0.15) is 0 Å². The predicted molar refractivity (Wildman–Crippen MR) is 169 cm³/mol. The highest BCUT2D eigenvalue weighted by Gasteiger charge is 2.65. The minimum atomic E-state index is -0.885. The topological polar surface area (TPSA) is 164 Å². The smallest absolute Gasteiger partial charge is 0.303 e. The van der Waals surface area contributed by atoms with Crippen molar-refractivity contribution in [3.63, 3.8) is 0 Å². The maximum Gasteiger partial charge on any atom is 0.303 e. The van der Waals surface area contributed by atoms with E-state index < -0.39 is 11.9 Å². The number of aliphatic carboxylic acids is 2. The third kappa shape index (κ3) is 5.62. The summed E-state index contributed by atoms with van der Waals surface area (Å²) in [5.41, 5.74) is 8.94. The summed E-state index contributed by atoms with van der Waals surface area (Å²) in [7, 11) is 0. The molecule has 236 valence electrons. The second-order valence-corrected chi connectivity index (χ2v) is 14.0. The van der Waals surface area contributed by atoms with Crippen molar-refractivity contribution < 1.29 is 29.4 Å². The van der Waals surface area contributed by atoms with Gasteiger partial charge >= 0.3 is 11.9 Å². The molecule has 5 heterocycles. The molecule has 0 bridgehead atoms. The summed E-state index contributed by atoms with van der Waals surface area (Å²) in [5, 5.41) is 25.5. The van der Waals surface area contributed by atoms with Crippen LogP contribution in [0.3, 0.4) is 0 Å². The molecule has 3 saturated heterocycles. The molecule has 3 aliphatic rings. The molecule has 1 spiro atoms. The molecular formula is C33H42N4O6S. The van der Waals surface area contributed by atoms with E-state index in [2.05, 4.69) is 27.5 Å². The predicted octanol–water partition coefficient (Wildman–Crippen LogP) is 4.19. The number of carboxylic acids is 2. The van der Waals surface area contributed by atoms with Crippen molar-refractivity contribution in [3.8, 4) is 0 Å². The number of aromatic nitrogens is 2.